The second-order valence-corrected chi connectivity index (χ2v) is 11.1. The molecule has 3 aliphatic heterocycles. The van der Waals surface area contributed by atoms with Crippen molar-refractivity contribution in [3.63, 3.8) is 0 Å². The van der Waals surface area contributed by atoms with E-state index in [0.29, 0.717) is 43.6 Å². The molecule has 3 fully saturated rings. The zero-order chi connectivity index (χ0) is 28.8. The molecular weight excluding hydrogens is 543 g/mol. The van der Waals surface area contributed by atoms with Crippen molar-refractivity contribution in [3.05, 3.63) is 70.0 Å². The summed E-state index contributed by atoms with van der Waals surface area (Å²) in [5.41, 5.74) is -1.57. The van der Waals surface area contributed by atoms with Gasteiger partial charge in [-0.05, 0) is 85.5 Å². The fourth-order valence-corrected chi connectivity index (χ4v) is 6.39. The van der Waals surface area contributed by atoms with Gasteiger partial charge in [-0.1, -0.05) is 6.07 Å². The zero-order valence-corrected chi connectivity index (χ0v) is 22.2. The van der Waals surface area contributed by atoms with Crippen LogP contribution in [0.5, 0.6) is 0 Å². The Morgan fingerprint density at radius 2 is 1.57 bits per heavy atom. The highest BCUT2D eigenvalue weighted by atomic mass is 19.4. The Balaban J connectivity index is 1.45. The molecule has 3 aliphatic rings. The SMILES string of the molecule is Cc1cc(F)ccc1[C@H]1C2CN(C3CCOCC3)C[C@H]2CO[C@@H]1O[C@H](C)c1cc(C(F)(F)F)cc(C(F)(F)F)c1. The average molecular weight is 576 g/mol. The molecule has 0 spiro atoms. The van der Waals surface area contributed by atoms with Gasteiger partial charge in [0.25, 0.3) is 0 Å². The highest BCUT2D eigenvalue weighted by molar-refractivity contribution is 5.35. The van der Waals surface area contributed by atoms with Gasteiger partial charge in [-0.15, -0.1) is 0 Å². The van der Waals surface area contributed by atoms with Crippen LogP contribution in [0.2, 0.25) is 0 Å². The molecule has 0 amide bonds. The molecule has 40 heavy (non-hydrogen) atoms. The second-order valence-electron chi connectivity index (χ2n) is 11.1. The second kappa shape index (κ2) is 11.2. The average Bonchev–Trinajstić information content (AvgIpc) is 3.33. The first-order valence-electron chi connectivity index (χ1n) is 13.5. The quantitative estimate of drug-likeness (QED) is 0.356. The number of hydrogen-bond donors (Lipinski definition) is 0. The van der Waals surface area contributed by atoms with Crippen molar-refractivity contribution in [2.75, 3.05) is 32.9 Å². The molecular formula is C29H32F7NO3. The Kier molecular flexibility index (Phi) is 8.22. The van der Waals surface area contributed by atoms with E-state index in [4.69, 9.17) is 14.2 Å². The maximum Gasteiger partial charge on any atom is 0.416 e. The van der Waals surface area contributed by atoms with E-state index in [0.717, 1.165) is 31.5 Å². The summed E-state index contributed by atoms with van der Waals surface area (Å²) >= 11 is 0. The molecule has 2 aromatic carbocycles. The highest BCUT2D eigenvalue weighted by Crippen LogP contribution is 2.47. The number of hydrogen-bond acceptors (Lipinski definition) is 4. The Morgan fingerprint density at radius 3 is 2.17 bits per heavy atom. The van der Waals surface area contributed by atoms with Crippen LogP contribution in [0, 0.1) is 24.6 Å². The van der Waals surface area contributed by atoms with Crippen LogP contribution < -0.4 is 0 Å². The highest BCUT2D eigenvalue weighted by Gasteiger charge is 2.49. The smallest absolute Gasteiger partial charge is 0.381 e. The molecule has 5 atom stereocenters. The van der Waals surface area contributed by atoms with E-state index in [1.807, 2.05) is 0 Å². The van der Waals surface area contributed by atoms with Crippen molar-refractivity contribution in [2.24, 2.45) is 11.8 Å². The minimum Gasteiger partial charge on any atom is -0.381 e. The van der Waals surface area contributed by atoms with Gasteiger partial charge < -0.3 is 14.2 Å². The number of ether oxygens (including phenoxy) is 3. The summed E-state index contributed by atoms with van der Waals surface area (Å²) in [6, 6.07) is 6.27. The molecule has 3 saturated heterocycles. The standard InChI is InChI=1S/C29H32F7NO3/c1-16-9-22(30)3-4-24(16)26-25-14-37(23-5-7-38-8-6-23)13-19(25)15-39-27(26)40-17(2)18-10-20(28(31,32)33)12-21(11-18)29(34,35)36/h3-4,9-12,17,19,23,25-27H,5-8,13-15H2,1-2H3/t17-,19+,25?,26+,27-/m1/s1. The summed E-state index contributed by atoms with van der Waals surface area (Å²) in [5.74, 6) is -0.596. The van der Waals surface area contributed by atoms with Crippen molar-refractivity contribution in [1.82, 2.24) is 4.90 Å². The van der Waals surface area contributed by atoms with Crippen LogP contribution in [0.25, 0.3) is 0 Å². The van der Waals surface area contributed by atoms with Crippen LogP contribution in [0.15, 0.2) is 36.4 Å². The third-order valence-corrected chi connectivity index (χ3v) is 8.46. The summed E-state index contributed by atoms with van der Waals surface area (Å²) in [4.78, 5) is 2.42. The molecule has 1 unspecified atom stereocenters. The van der Waals surface area contributed by atoms with Gasteiger partial charge >= 0.3 is 12.4 Å². The van der Waals surface area contributed by atoms with E-state index in [2.05, 4.69) is 4.90 Å². The maximum atomic E-state index is 14.0. The van der Waals surface area contributed by atoms with Crippen LogP contribution in [-0.4, -0.2) is 50.1 Å². The van der Waals surface area contributed by atoms with Gasteiger partial charge in [0.1, 0.15) is 5.82 Å². The van der Waals surface area contributed by atoms with Gasteiger partial charge in [0.05, 0.1) is 23.8 Å². The van der Waals surface area contributed by atoms with Gasteiger partial charge in [-0.3, -0.25) is 4.90 Å². The third-order valence-electron chi connectivity index (χ3n) is 8.46. The number of aryl methyl sites for hydroxylation is 1. The monoisotopic (exact) mass is 575 g/mol. The van der Waals surface area contributed by atoms with Crippen LogP contribution in [0.1, 0.15) is 59.6 Å². The molecule has 0 aromatic heterocycles. The lowest BCUT2D eigenvalue weighted by Gasteiger charge is -2.41. The lowest BCUT2D eigenvalue weighted by Crippen LogP contribution is -2.42. The molecule has 220 valence electrons. The Hall–Kier alpha value is -2.21. The molecule has 5 rings (SSSR count). The van der Waals surface area contributed by atoms with E-state index in [1.165, 1.54) is 19.1 Å². The molecule has 0 N–H and O–H groups in total. The molecule has 0 radical (unpaired) electrons. The van der Waals surface area contributed by atoms with E-state index in [1.54, 1.807) is 13.0 Å². The van der Waals surface area contributed by atoms with Gasteiger partial charge in [0.2, 0.25) is 0 Å². The Labute approximate surface area is 228 Å². The van der Waals surface area contributed by atoms with Gasteiger partial charge in [0.15, 0.2) is 6.29 Å². The van der Waals surface area contributed by atoms with Crippen molar-refractivity contribution in [1.29, 1.82) is 0 Å². The van der Waals surface area contributed by atoms with Gasteiger partial charge in [0, 0.05) is 38.3 Å². The first kappa shape index (κ1) is 29.3. The lowest BCUT2D eigenvalue weighted by atomic mass is 9.76. The summed E-state index contributed by atoms with van der Waals surface area (Å²) < 4.78 is 113. The summed E-state index contributed by atoms with van der Waals surface area (Å²) in [5, 5.41) is 0. The summed E-state index contributed by atoms with van der Waals surface area (Å²) in [6.07, 6.45) is -10.2. The number of likely N-dealkylation sites (tertiary alicyclic amines) is 1. The summed E-state index contributed by atoms with van der Waals surface area (Å²) in [7, 11) is 0. The van der Waals surface area contributed by atoms with Crippen molar-refractivity contribution in [3.8, 4) is 0 Å². The topological polar surface area (TPSA) is 30.9 Å². The van der Waals surface area contributed by atoms with Crippen LogP contribution in [0.4, 0.5) is 30.7 Å². The van der Waals surface area contributed by atoms with Crippen LogP contribution in [0.3, 0.4) is 0 Å². The minimum atomic E-state index is -4.96. The maximum absolute atomic E-state index is 14.0. The number of nitrogens with zero attached hydrogens (tertiary/aromatic N) is 1. The van der Waals surface area contributed by atoms with Gasteiger partial charge in [-0.2, -0.15) is 26.3 Å². The number of halogens is 7. The van der Waals surface area contributed by atoms with E-state index in [-0.39, 0.29) is 29.4 Å². The van der Waals surface area contributed by atoms with E-state index >= 15 is 0 Å². The molecule has 4 nitrogen and oxygen atoms in total. The van der Waals surface area contributed by atoms with Crippen molar-refractivity contribution >= 4 is 0 Å². The van der Waals surface area contributed by atoms with Crippen LogP contribution >= 0.6 is 0 Å². The number of alkyl halides is 6. The fraction of sp³-hybridized carbons (Fsp3) is 0.586. The molecule has 0 bridgehead atoms. The normalized spacial score (nSPS) is 27.5. The largest absolute Gasteiger partial charge is 0.416 e. The lowest BCUT2D eigenvalue weighted by molar-refractivity contribution is -0.217. The van der Waals surface area contributed by atoms with Crippen molar-refractivity contribution < 1.29 is 44.9 Å². The Bertz CT molecular complexity index is 1160. The first-order valence-corrected chi connectivity index (χ1v) is 13.5. The van der Waals surface area contributed by atoms with E-state index in [9.17, 15) is 30.7 Å². The molecule has 11 heteroatoms. The number of fused-ring (bicyclic) bond motifs is 1. The first-order chi connectivity index (χ1) is 18.8. The predicted molar refractivity (Wildman–Crippen MR) is 132 cm³/mol. The Morgan fingerprint density at radius 1 is 0.925 bits per heavy atom. The fourth-order valence-electron chi connectivity index (χ4n) is 6.39. The minimum absolute atomic E-state index is 0.0465. The molecule has 0 aliphatic carbocycles. The molecule has 3 heterocycles. The van der Waals surface area contributed by atoms with Gasteiger partial charge in [-0.25, -0.2) is 4.39 Å². The summed E-state index contributed by atoms with van der Waals surface area (Å²) in [6.45, 7) is 6.45. The van der Waals surface area contributed by atoms with E-state index < -0.39 is 41.7 Å². The predicted octanol–water partition coefficient (Wildman–Crippen LogP) is 7.12. The number of benzene rings is 2. The molecule has 0 saturated carbocycles. The third kappa shape index (κ3) is 6.17. The molecule has 2 aromatic rings. The van der Waals surface area contributed by atoms with Crippen LogP contribution in [-0.2, 0) is 26.6 Å². The number of rotatable bonds is 5. The van der Waals surface area contributed by atoms with Crippen molar-refractivity contribution in [2.45, 2.75) is 63.4 Å². The zero-order valence-electron chi connectivity index (χ0n) is 22.2.